The molecule has 1 rings (SSSR count). The van der Waals surface area contributed by atoms with Crippen LogP contribution in [0.5, 0.6) is 0 Å². The summed E-state index contributed by atoms with van der Waals surface area (Å²) in [6.45, 7) is 0. The molecule has 0 bridgehead atoms. The minimum Gasteiger partial charge on any atom is -0.303 e. The topological polar surface area (TPSA) is 60.2 Å². The van der Waals surface area contributed by atoms with Crippen molar-refractivity contribution in [2.24, 2.45) is 0 Å². The molecule has 0 saturated heterocycles. The average Bonchev–Trinajstić information content (AvgIpc) is 2.19. The molecule has 0 aliphatic carbocycles. The number of nitrogens with zero attached hydrogens (tertiary/aromatic N) is 1. The van der Waals surface area contributed by atoms with E-state index in [0.29, 0.717) is 6.42 Å². The molecule has 72 valence electrons. The molecular formula is C10H9NO3. The second kappa shape index (κ2) is 4.91. The predicted molar refractivity (Wildman–Crippen MR) is 52.8 cm³/mol. The van der Waals surface area contributed by atoms with Crippen molar-refractivity contribution in [3.05, 3.63) is 46.0 Å². The molecule has 4 heteroatoms. The average molecular weight is 191 g/mol. The molecule has 1 aromatic carbocycles. The van der Waals surface area contributed by atoms with Gasteiger partial charge in [0.25, 0.3) is 5.69 Å². The molecule has 0 amide bonds. The Morgan fingerprint density at radius 3 is 2.86 bits per heavy atom. The Bertz CT molecular complexity index is 371. The molecule has 0 spiro atoms. The van der Waals surface area contributed by atoms with E-state index in [1.807, 2.05) is 0 Å². The summed E-state index contributed by atoms with van der Waals surface area (Å²) in [4.78, 5) is 20.0. The molecule has 0 heterocycles. The lowest BCUT2D eigenvalue weighted by Gasteiger charge is -1.93. The van der Waals surface area contributed by atoms with Crippen LogP contribution >= 0.6 is 0 Å². The van der Waals surface area contributed by atoms with Crippen LogP contribution < -0.4 is 0 Å². The van der Waals surface area contributed by atoms with Gasteiger partial charge >= 0.3 is 0 Å². The number of benzene rings is 1. The number of nitro benzene ring substituents is 1. The van der Waals surface area contributed by atoms with Gasteiger partial charge in [-0.15, -0.1) is 0 Å². The van der Waals surface area contributed by atoms with Gasteiger partial charge in [0, 0.05) is 18.6 Å². The van der Waals surface area contributed by atoms with Gasteiger partial charge in [0.15, 0.2) is 0 Å². The smallest absolute Gasteiger partial charge is 0.270 e. The number of rotatable bonds is 4. The Morgan fingerprint density at radius 1 is 1.43 bits per heavy atom. The number of non-ortho nitro benzene ring substituents is 1. The molecule has 0 fully saturated rings. The highest BCUT2D eigenvalue weighted by Gasteiger charge is 2.02. The zero-order valence-corrected chi connectivity index (χ0v) is 7.42. The highest BCUT2D eigenvalue weighted by Crippen LogP contribution is 2.13. The normalized spacial score (nSPS) is 10.3. The maximum atomic E-state index is 10.4. The predicted octanol–water partition coefficient (Wildman–Crippen LogP) is 2.20. The molecule has 0 aromatic heterocycles. The summed E-state index contributed by atoms with van der Waals surface area (Å²) in [7, 11) is 0. The quantitative estimate of drug-likeness (QED) is 0.416. The number of carbonyl (C=O) groups is 1. The van der Waals surface area contributed by atoms with Crippen molar-refractivity contribution in [3.8, 4) is 0 Å². The fourth-order valence-corrected chi connectivity index (χ4v) is 1.00. The van der Waals surface area contributed by atoms with Crippen LogP contribution in [0.1, 0.15) is 12.0 Å². The van der Waals surface area contributed by atoms with Crippen LogP contribution in [0.2, 0.25) is 0 Å². The summed E-state index contributed by atoms with van der Waals surface area (Å²) in [6.07, 6.45) is 4.43. The summed E-state index contributed by atoms with van der Waals surface area (Å²) in [6, 6.07) is 6.24. The van der Waals surface area contributed by atoms with Crippen LogP contribution in [0.3, 0.4) is 0 Å². The van der Waals surface area contributed by atoms with Gasteiger partial charge in [0.05, 0.1) is 4.92 Å². The highest BCUT2D eigenvalue weighted by molar-refractivity contribution is 5.59. The van der Waals surface area contributed by atoms with E-state index < -0.39 is 4.92 Å². The minimum atomic E-state index is -0.447. The fourth-order valence-electron chi connectivity index (χ4n) is 1.00. The zero-order valence-electron chi connectivity index (χ0n) is 7.42. The van der Waals surface area contributed by atoms with Crippen LogP contribution in [-0.2, 0) is 4.79 Å². The summed E-state index contributed by atoms with van der Waals surface area (Å²) < 4.78 is 0. The molecule has 0 unspecified atom stereocenters. The third-order valence-electron chi connectivity index (χ3n) is 1.62. The first-order valence-electron chi connectivity index (χ1n) is 4.08. The molecule has 0 aliphatic heterocycles. The molecule has 0 aliphatic rings. The van der Waals surface area contributed by atoms with E-state index >= 15 is 0 Å². The van der Waals surface area contributed by atoms with E-state index in [1.165, 1.54) is 12.1 Å². The van der Waals surface area contributed by atoms with E-state index in [-0.39, 0.29) is 5.69 Å². The Balaban J connectivity index is 2.83. The molecule has 0 atom stereocenters. The van der Waals surface area contributed by atoms with Crippen LogP contribution in [0.4, 0.5) is 5.69 Å². The first-order chi connectivity index (χ1) is 6.74. The van der Waals surface area contributed by atoms with E-state index in [4.69, 9.17) is 0 Å². The molecule has 4 nitrogen and oxygen atoms in total. The van der Waals surface area contributed by atoms with E-state index in [1.54, 1.807) is 24.3 Å². The largest absolute Gasteiger partial charge is 0.303 e. The maximum absolute atomic E-state index is 10.4. The molecular weight excluding hydrogens is 182 g/mol. The standard InChI is InChI=1S/C10H9NO3/c12-7-2-1-4-9-5-3-6-10(8-9)11(13)14/h1,3-8H,2H2. The second-order valence-electron chi connectivity index (χ2n) is 2.66. The lowest BCUT2D eigenvalue weighted by atomic mass is 10.2. The van der Waals surface area contributed by atoms with Gasteiger partial charge in [0.1, 0.15) is 6.29 Å². The Hall–Kier alpha value is -1.97. The van der Waals surface area contributed by atoms with Gasteiger partial charge in [-0.1, -0.05) is 24.3 Å². The lowest BCUT2D eigenvalue weighted by molar-refractivity contribution is -0.384. The summed E-state index contributed by atoms with van der Waals surface area (Å²) in [5.74, 6) is 0. The summed E-state index contributed by atoms with van der Waals surface area (Å²) >= 11 is 0. The Labute approximate surface area is 81.0 Å². The van der Waals surface area contributed by atoms with Crippen molar-refractivity contribution in [1.82, 2.24) is 0 Å². The van der Waals surface area contributed by atoms with Crippen molar-refractivity contribution in [1.29, 1.82) is 0 Å². The van der Waals surface area contributed by atoms with Crippen LogP contribution in [0.25, 0.3) is 6.08 Å². The van der Waals surface area contributed by atoms with Gasteiger partial charge in [-0.05, 0) is 5.56 Å². The van der Waals surface area contributed by atoms with Crippen molar-refractivity contribution in [3.63, 3.8) is 0 Å². The molecule has 1 aromatic rings. The Kier molecular flexibility index (Phi) is 3.55. The first kappa shape index (κ1) is 10.1. The highest BCUT2D eigenvalue weighted by atomic mass is 16.6. The van der Waals surface area contributed by atoms with E-state index in [2.05, 4.69) is 0 Å². The van der Waals surface area contributed by atoms with E-state index in [9.17, 15) is 14.9 Å². The van der Waals surface area contributed by atoms with Crippen molar-refractivity contribution in [2.75, 3.05) is 0 Å². The number of carbonyl (C=O) groups excluding carboxylic acids is 1. The monoisotopic (exact) mass is 191 g/mol. The first-order valence-corrected chi connectivity index (χ1v) is 4.08. The SMILES string of the molecule is O=CCC=Cc1cccc([N+](=O)[O-])c1. The van der Waals surface area contributed by atoms with E-state index in [0.717, 1.165) is 11.8 Å². The van der Waals surface area contributed by atoms with Gasteiger partial charge < -0.3 is 4.79 Å². The van der Waals surface area contributed by atoms with Crippen LogP contribution in [0, 0.1) is 10.1 Å². The lowest BCUT2D eigenvalue weighted by Crippen LogP contribution is -1.87. The van der Waals surface area contributed by atoms with Crippen LogP contribution in [-0.4, -0.2) is 11.2 Å². The third kappa shape index (κ3) is 2.82. The van der Waals surface area contributed by atoms with Crippen molar-refractivity contribution >= 4 is 18.0 Å². The van der Waals surface area contributed by atoms with Crippen molar-refractivity contribution in [2.45, 2.75) is 6.42 Å². The summed E-state index contributed by atoms with van der Waals surface area (Å²) in [5, 5.41) is 10.4. The molecule has 14 heavy (non-hydrogen) atoms. The number of allylic oxidation sites excluding steroid dienone is 1. The second-order valence-corrected chi connectivity index (χ2v) is 2.66. The number of hydrogen-bond acceptors (Lipinski definition) is 3. The van der Waals surface area contributed by atoms with Gasteiger partial charge in [0.2, 0.25) is 0 Å². The minimum absolute atomic E-state index is 0.0539. The fraction of sp³-hybridized carbons (Fsp3) is 0.100. The summed E-state index contributed by atoms with van der Waals surface area (Å²) in [5.41, 5.74) is 0.777. The molecule has 0 saturated carbocycles. The van der Waals surface area contributed by atoms with Gasteiger partial charge in [-0.2, -0.15) is 0 Å². The number of nitro groups is 1. The van der Waals surface area contributed by atoms with Gasteiger partial charge in [-0.25, -0.2) is 0 Å². The molecule has 0 radical (unpaired) electrons. The number of aldehydes is 1. The van der Waals surface area contributed by atoms with Gasteiger partial charge in [-0.3, -0.25) is 10.1 Å². The number of hydrogen-bond donors (Lipinski definition) is 0. The van der Waals surface area contributed by atoms with Crippen LogP contribution in [0.15, 0.2) is 30.3 Å². The van der Waals surface area contributed by atoms with Crippen molar-refractivity contribution < 1.29 is 9.72 Å². The third-order valence-corrected chi connectivity index (χ3v) is 1.62. The zero-order chi connectivity index (χ0) is 10.4. The maximum Gasteiger partial charge on any atom is 0.270 e. The molecule has 0 N–H and O–H groups in total. The Morgan fingerprint density at radius 2 is 2.21 bits per heavy atom.